The van der Waals surface area contributed by atoms with E-state index in [4.69, 9.17) is 5.21 Å². The lowest BCUT2D eigenvalue weighted by molar-refractivity contribution is 0.319. The van der Waals surface area contributed by atoms with Crippen LogP contribution in [0.25, 0.3) is 0 Å². The summed E-state index contributed by atoms with van der Waals surface area (Å²) in [5.74, 6) is 0. The van der Waals surface area contributed by atoms with Gasteiger partial charge in [0.2, 0.25) is 0 Å². The smallest absolute Gasteiger partial charge is 0.102 e. The highest BCUT2D eigenvalue weighted by Gasteiger charge is 2.13. The molecule has 0 aliphatic heterocycles. The largest absolute Gasteiger partial charge is 0.411 e. The molecule has 3 heteroatoms. The van der Waals surface area contributed by atoms with Crippen molar-refractivity contribution in [2.45, 2.75) is 33.1 Å². The van der Waals surface area contributed by atoms with Crippen LogP contribution in [0.3, 0.4) is 0 Å². The number of nitrogens with zero attached hydrogens (tertiary/aromatic N) is 2. The topological polar surface area (TPSA) is 45.5 Å². The van der Waals surface area contributed by atoms with Crippen LogP contribution in [0.2, 0.25) is 0 Å². The van der Waals surface area contributed by atoms with Crippen molar-refractivity contribution in [3.05, 3.63) is 29.6 Å². The molecule has 0 aliphatic carbocycles. The predicted octanol–water partition coefficient (Wildman–Crippen LogP) is 2.58. The summed E-state index contributed by atoms with van der Waals surface area (Å²) in [5.41, 5.74) is 2.52. The Hall–Kier alpha value is -1.38. The quantitative estimate of drug-likeness (QED) is 0.422. The molecular formula is C11H16N2O. The lowest BCUT2D eigenvalue weighted by Gasteiger charge is -2.18. The van der Waals surface area contributed by atoms with Crippen molar-refractivity contribution >= 4 is 5.71 Å². The van der Waals surface area contributed by atoms with E-state index >= 15 is 0 Å². The van der Waals surface area contributed by atoms with Crippen LogP contribution in [0.5, 0.6) is 0 Å². The number of oxime groups is 1. The van der Waals surface area contributed by atoms with Crippen molar-refractivity contribution in [3.63, 3.8) is 0 Å². The molecule has 0 fully saturated rings. The summed E-state index contributed by atoms with van der Waals surface area (Å²) in [5, 5.41) is 11.7. The number of aromatic nitrogens is 1. The SMILES string of the molecule is C/C(=N\O)c1ccc(C(C)(C)C)cn1. The van der Waals surface area contributed by atoms with Crippen LogP contribution in [-0.2, 0) is 5.41 Å². The minimum Gasteiger partial charge on any atom is -0.411 e. The normalized spacial score (nSPS) is 13.0. The average Bonchev–Trinajstić information content (AvgIpc) is 2.15. The van der Waals surface area contributed by atoms with Crippen LogP contribution in [-0.4, -0.2) is 15.9 Å². The summed E-state index contributed by atoms with van der Waals surface area (Å²) in [7, 11) is 0. The van der Waals surface area contributed by atoms with Crippen molar-refractivity contribution in [1.82, 2.24) is 4.98 Å². The van der Waals surface area contributed by atoms with E-state index < -0.39 is 0 Å². The third kappa shape index (κ3) is 2.31. The molecule has 14 heavy (non-hydrogen) atoms. The highest BCUT2D eigenvalue weighted by molar-refractivity contribution is 5.96. The minimum atomic E-state index is 0.107. The molecule has 0 bridgehead atoms. The maximum atomic E-state index is 8.57. The van der Waals surface area contributed by atoms with Gasteiger partial charge >= 0.3 is 0 Å². The second kappa shape index (κ2) is 3.78. The number of hydrogen-bond donors (Lipinski definition) is 1. The molecule has 0 saturated carbocycles. The average molecular weight is 192 g/mol. The first-order valence-electron chi connectivity index (χ1n) is 4.60. The van der Waals surface area contributed by atoms with Crippen molar-refractivity contribution in [3.8, 4) is 0 Å². The van der Waals surface area contributed by atoms with Gasteiger partial charge in [0.15, 0.2) is 0 Å². The van der Waals surface area contributed by atoms with E-state index in [1.165, 1.54) is 5.56 Å². The minimum absolute atomic E-state index is 0.107. The van der Waals surface area contributed by atoms with Gasteiger partial charge in [-0.3, -0.25) is 4.98 Å². The Balaban J connectivity index is 3.01. The van der Waals surface area contributed by atoms with Crippen LogP contribution in [0.15, 0.2) is 23.5 Å². The van der Waals surface area contributed by atoms with E-state index in [0.29, 0.717) is 11.4 Å². The van der Waals surface area contributed by atoms with E-state index in [1.54, 1.807) is 6.92 Å². The van der Waals surface area contributed by atoms with Crippen LogP contribution >= 0.6 is 0 Å². The number of rotatable bonds is 1. The van der Waals surface area contributed by atoms with Crippen molar-refractivity contribution in [1.29, 1.82) is 0 Å². The van der Waals surface area contributed by atoms with E-state index in [2.05, 4.69) is 30.9 Å². The molecule has 0 amide bonds. The fraction of sp³-hybridized carbons (Fsp3) is 0.455. The monoisotopic (exact) mass is 192 g/mol. The molecule has 1 aromatic heterocycles. The van der Waals surface area contributed by atoms with Crippen molar-refractivity contribution in [2.24, 2.45) is 5.16 Å². The molecule has 1 rings (SSSR count). The van der Waals surface area contributed by atoms with Gasteiger partial charge in [-0.05, 0) is 24.0 Å². The Labute approximate surface area is 84.5 Å². The summed E-state index contributed by atoms with van der Waals surface area (Å²) in [6.45, 7) is 8.13. The van der Waals surface area contributed by atoms with Gasteiger partial charge in [-0.2, -0.15) is 0 Å². The van der Waals surface area contributed by atoms with E-state index in [0.717, 1.165) is 0 Å². The molecule has 0 aromatic carbocycles. The molecule has 0 aliphatic rings. The first-order chi connectivity index (χ1) is 6.45. The summed E-state index contributed by atoms with van der Waals surface area (Å²) >= 11 is 0. The fourth-order valence-corrected chi connectivity index (χ4v) is 1.10. The van der Waals surface area contributed by atoms with Gasteiger partial charge in [0.25, 0.3) is 0 Å². The fourth-order valence-electron chi connectivity index (χ4n) is 1.10. The van der Waals surface area contributed by atoms with Crippen LogP contribution in [0, 0.1) is 0 Å². The molecule has 3 nitrogen and oxygen atoms in total. The highest BCUT2D eigenvalue weighted by Crippen LogP contribution is 2.20. The molecule has 1 aromatic rings. The van der Waals surface area contributed by atoms with E-state index in [9.17, 15) is 0 Å². The number of hydrogen-bond acceptors (Lipinski definition) is 3. The van der Waals surface area contributed by atoms with Crippen LogP contribution in [0.1, 0.15) is 39.0 Å². The summed E-state index contributed by atoms with van der Waals surface area (Å²) < 4.78 is 0. The summed E-state index contributed by atoms with van der Waals surface area (Å²) in [6, 6.07) is 3.88. The Morgan fingerprint density at radius 1 is 1.36 bits per heavy atom. The lowest BCUT2D eigenvalue weighted by atomic mass is 9.88. The van der Waals surface area contributed by atoms with Crippen LogP contribution < -0.4 is 0 Å². The first-order valence-corrected chi connectivity index (χ1v) is 4.60. The summed E-state index contributed by atoms with van der Waals surface area (Å²) in [4.78, 5) is 4.23. The molecule has 0 unspecified atom stereocenters. The first kappa shape index (κ1) is 10.7. The molecule has 76 valence electrons. The van der Waals surface area contributed by atoms with Gasteiger partial charge in [0, 0.05) is 6.20 Å². The van der Waals surface area contributed by atoms with E-state index in [-0.39, 0.29) is 5.41 Å². The van der Waals surface area contributed by atoms with E-state index in [1.807, 2.05) is 18.3 Å². The third-order valence-electron chi connectivity index (χ3n) is 2.15. The van der Waals surface area contributed by atoms with Gasteiger partial charge in [-0.1, -0.05) is 32.0 Å². The molecule has 0 spiro atoms. The van der Waals surface area contributed by atoms with Gasteiger partial charge in [-0.25, -0.2) is 0 Å². The van der Waals surface area contributed by atoms with Gasteiger partial charge in [0.05, 0.1) is 5.69 Å². The number of pyridine rings is 1. The Kier molecular flexibility index (Phi) is 2.89. The Bertz CT molecular complexity index is 333. The maximum Gasteiger partial charge on any atom is 0.102 e. The zero-order valence-electron chi connectivity index (χ0n) is 9.07. The molecule has 0 saturated heterocycles. The second-order valence-electron chi connectivity index (χ2n) is 4.37. The van der Waals surface area contributed by atoms with Crippen molar-refractivity contribution < 1.29 is 5.21 Å². The van der Waals surface area contributed by atoms with Gasteiger partial charge in [0.1, 0.15) is 5.71 Å². The Morgan fingerprint density at radius 3 is 2.36 bits per heavy atom. The standard InChI is InChI=1S/C11H16N2O/c1-8(13-14)10-6-5-9(7-12-10)11(2,3)4/h5-7,14H,1-4H3/b13-8+. The highest BCUT2D eigenvalue weighted by atomic mass is 16.4. The maximum absolute atomic E-state index is 8.57. The van der Waals surface area contributed by atoms with Gasteiger partial charge in [-0.15, -0.1) is 0 Å². The zero-order valence-corrected chi connectivity index (χ0v) is 9.07. The Morgan fingerprint density at radius 2 is 2.00 bits per heavy atom. The lowest BCUT2D eigenvalue weighted by Crippen LogP contribution is -2.12. The predicted molar refractivity (Wildman–Crippen MR) is 56.9 cm³/mol. The molecule has 0 atom stereocenters. The second-order valence-corrected chi connectivity index (χ2v) is 4.37. The van der Waals surface area contributed by atoms with Crippen molar-refractivity contribution in [2.75, 3.05) is 0 Å². The van der Waals surface area contributed by atoms with Crippen LogP contribution in [0.4, 0.5) is 0 Å². The molecule has 0 radical (unpaired) electrons. The third-order valence-corrected chi connectivity index (χ3v) is 2.15. The molecular weight excluding hydrogens is 176 g/mol. The van der Waals surface area contributed by atoms with Gasteiger partial charge < -0.3 is 5.21 Å². The zero-order chi connectivity index (χ0) is 10.8. The summed E-state index contributed by atoms with van der Waals surface area (Å²) in [6.07, 6.45) is 1.82. The molecule has 1 N–H and O–H groups in total. The molecule has 1 heterocycles.